The summed E-state index contributed by atoms with van der Waals surface area (Å²) in [6.45, 7) is 11.7. The number of aliphatic imine (C=N–C) groups is 1. The highest BCUT2D eigenvalue weighted by atomic mass is 35.5. The molecule has 0 unspecified atom stereocenters. The summed E-state index contributed by atoms with van der Waals surface area (Å²) < 4.78 is 0. The molecular weight excluding hydrogens is 346 g/mol. The van der Waals surface area contributed by atoms with Gasteiger partial charge in [-0.25, -0.2) is 6.57 Å². The standard InChI is InChI=1S/C21H20ClN3O/c1-14(2)19-21(26)25(12-11-23-3)18-10-9-16(22)13-17(18)20(24-19)15-7-5-4-6-8-15/h4-10,13-14,19H,11-12H2,1-2H3/t19-/m0/s1. The van der Waals surface area contributed by atoms with Crippen LogP contribution in [0.1, 0.15) is 25.0 Å². The number of benzodiazepines with no additional fused rings is 1. The molecule has 26 heavy (non-hydrogen) atoms. The summed E-state index contributed by atoms with van der Waals surface area (Å²) in [5.41, 5.74) is 3.29. The van der Waals surface area contributed by atoms with Gasteiger partial charge in [0.15, 0.2) is 0 Å². The Bertz CT molecular complexity index is 884. The molecular formula is C21H20ClN3O. The van der Waals surface area contributed by atoms with Gasteiger partial charge in [-0.2, -0.15) is 0 Å². The molecule has 0 fully saturated rings. The van der Waals surface area contributed by atoms with Crippen LogP contribution in [0.4, 0.5) is 5.69 Å². The summed E-state index contributed by atoms with van der Waals surface area (Å²) in [4.78, 5) is 23.2. The number of halogens is 1. The van der Waals surface area contributed by atoms with Crippen LogP contribution in [0.5, 0.6) is 0 Å². The van der Waals surface area contributed by atoms with Gasteiger partial charge >= 0.3 is 0 Å². The number of benzene rings is 2. The maximum Gasteiger partial charge on any atom is 0.252 e. The minimum absolute atomic E-state index is 0.0430. The van der Waals surface area contributed by atoms with E-state index in [1.54, 1.807) is 11.0 Å². The third-order valence-electron chi connectivity index (χ3n) is 4.41. The normalized spacial score (nSPS) is 16.7. The molecule has 3 rings (SSSR count). The van der Waals surface area contributed by atoms with E-state index in [4.69, 9.17) is 23.2 Å². The zero-order valence-corrected chi connectivity index (χ0v) is 15.6. The number of rotatable bonds is 4. The second kappa shape index (κ2) is 7.72. The molecule has 0 aliphatic carbocycles. The molecule has 1 amide bonds. The first kappa shape index (κ1) is 18.2. The smallest absolute Gasteiger partial charge is 0.252 e. The van der Waals surface area contributed by atoms with Crippen molar-refractivity contribution in [2.45, 2.75) is 19.9 Å². The Kier molecular flexibility index (Phi) is 5.39. The van der Waals surface area contributed by atoms with E-state index in [0.717, 1.165) is 22.5 Å². The van der Waals surface area contributed by atoms with Gasteiger partial charge in [0.1, 0.15) is 6.04 Å². The van der Waals surface area contributed by atoms with Gasteiger partial charge in [-0.15, -0.1) is 0 Å². The minimum Gasteiger partial charge on any atom is -0.315 e. The van der Waals surface area contributed by atoms with Gasteiger partial charge in [0.2, 0.25) is 6.54 Å². The Morgan fingerprint density at radius 1 is 1.23 bits per heavy atom. The van der Waals surface area contributed by atoms with E-state index in [0.29, 0.717) is 11.6 Å². The molecule has 1 heterocycles. The lowest BCUT2D eigenvalue weighted by atomic mass is 10.00. The van der Waals surface area contributed by atoms with Crippen molar-refractivity contribution in [1.82, 2.24) is 0 Å². The molecule has 0 aromatic heterocycles. The monoisotopic (exact) mass is 365 g/mol. The Morgan fingerprint density at radius 3 is 2.62 bits per heavy atom. The maximum atomic E-state index is 13.2. The molecule has 0 radical (unpaired) electrons. The van der Waals surface area contributed by atoms with E-state index in [1.165, 1.54) is 0 Å². The van der Waals surface area contributed by atoms with Crippen LogP contribution in [0.3, 0.4) is 0 Å². The van der Waals surface area contributed by atoms with Crippen LogP contribution in [0.25, 0.3) is 4.85 Å². The number of carbonyl (C=O) groups excluding carboxylic acids is 1. The topological polar surface area (TPSA) is 37.0 Å². The van der Waals surface area contributed by atoms with E-state index in [1.807, 2.05) is 56.3 Å². The third-order valence-corrected chi connectivity index (χ3v) is 4.64. The number of fused-ring (bicyclic) bond motifs is 1. The Morgan fingerprint density at radius 2 is 1.96 bits per heavy atom. The molecule has 2 aromatic rings. The molecule has 1 aliphatic heterocycles. The summed E-state index contributed by atoms with van der Waals surface area (Å²) in [5.74, 6) is -0.0282. The summed E-state index contributed by atoms with van der Waals surface area (Å²) >= 11 is 6.26. The molecule has 0 saturated heterocycles. The summed E-state index contributed by atoms with van der Waals surface area (Å²) in [5, 5.41) is 0.591. The number of hydrogen-bond acceptors (Lipinski definition) is 2. The molecule has 1 aliphatic rings. The van der Waals surface area contributed by atoms with Crippen molar-refractivity contribution in [2.75, 3.05) is 18.0 Å². The summed E-state index contributed by atoms with van der Waals surface area (Å²) in [6, 6.07) is 14.8. The first-order valence-electron chi connectivity index (χ1n) is 8.60. The predicted octanol–water partition coefficient (Wildman–Crippen LogP) is 4.47. The fourth-order valence-corrected chi connectivity index (χ4v) is 3.29. The van der Waals surface area contributed by atoms with Crippen LogP contribution in [-0.4, -0.2) is 30.8 Å². The predicted molar refractivity (Wildman–Crippen MR) is 106 cm³/mol. The van der Waals surface area contributed by atoms with Gasteiger partial charge in [-0.3, -0.25) is 9.79 Å². The molecule has 0 N–H and O–H groups in total. The van der Waals surface area contributed by atoms with E-state index >= 15 is 0 Å². The van der Waals surface area contributed by atoms with Crippen LogP contribution in [0.15, 0.2) is 53.5 Å². The van der Waals surface area contributed by atoms with Crippen molar-refractivity contribution < 1.29 is 4.79 Å². The van der Waals surface area contributed by atoms with E-state index in [-0.39, 0.29) is 18.4 Å². The number of carbonyl (C=O) groups is 1. The van der Waals surface area contributed by atoms with Gasteiger partial charge in [0.25, 0.3) is 5.91 Å². The Balaban J connectivity index is 2.25. The largest absolute Gasteiger partial charge is 0.315 e. The second-order valence-corrected chi connectivity index (χ2v) is 7.00. The van der Waals surface area contributed by atoms with Crippen LogP contribution < -0.4 is 4.90 Å². The quantitative estimate of drug-likeness (QED) is 0.736. The van der Waals surface area contributed by atoms with Crippen molar-refractivity contribution in [2.24, 2.45) is 10.9 Å². The van der Waals surface area contributed by atoms with Gasteiger partial charge in [0.05, 0.1) is 17.9 Å². The minimum atomic E-state index is -0.498. The van der Waals surface area contributed by atoms with E-state index in [9.17, 15) is 4.79 Å². The highest BCUT2D eigenvalue weighted by Crippen LogP contribution is 2.32. The first-order valence-corrected chi connectivity index (χ1v) is 8.98. The fourth-order valence-electron chi connectivity index (χ4n) is 3.12. The van der Waals surface area contributed by atoms with Gasteiger partial charge in [-0.1, -0.05) is 55.8 Å². The summed E-state index contributed by atoms with van der Waals surface area (Å²) in [7, 11) is 0. The molecule has 1 atom stereocenters. The number of hydrogen-bond donors (Lipinski definition) is 0. The zero-order chi connectivity index (χ0) is 18.7. The lowest BCUT2D eigenvalue weighted by Crippen LogP contribution is -2.41. The Labute approximate surface area is 158 Å². The number of amides is 1. The molecule has 4 nitrogen and oxygen atoms in total. The van der Waals surface area contributed by atoms with Crippen LogP contribution in [0, 0.1) is 12.5 Å². The van der Waals surface area contributed by atoms with Gasteiger partial charge in [0, 0.05) is 16.1 Å². The Hall–Kier alpha value is -2.64. The van der Waals surface area contributed by atoms with Crippen molar-refractivity contribution in [1.29, 1.82) is 0 Å². The first-order chi connectivity index (χ1) is 12.5. The number of anilines is 1. The average molecular weight is 366 g/mol. The number of nitrogens with zero attached hydrogens (tertiary/aromatic N) is 3. The van der Waals surface area contributed by atoms with Crippen molar-refractivity contribution in [3.8, 4) is 0 Å². The average Bonchev–Trinajstić information content (AvgIpc) is 2.75. The van der Waals surface area contributed by atoms with E-state index < -0.39 is 6.04 Å². The lowest BCUT2D eigenvalue weighted by Gasteiger charge is -2.24. The van der Waals surface area contributed by atoms with E-state index in [2.05, 4.69) is 4.85 Å². The molecule has 132 valence electrons. The van der Waals surface area contributed by atoms with Crippen LogP contribution in [0.2, 0.25) is 5.02 Å². The lowest BCUT2D eigenvalue weighted by molar-refractivity contribution is -0.120. The zero-order valence-electron chi connectivity index (χ0n) is 14.8. The highest BCUT2D eigenvalue weighted by molar-refractivity contribution is 6.32. The third kappa shape index (κ3) is 3.49. The second-order valence-electron chi connectivity index (χ2n) is 6.57. The van der Waals surface area contributed by atoms with Crippen molar-refractivity contribution >= 4 is 28.9 Å². The van der Waals surface area contributed by atoms with Crippen molar-refractivity contribution in [3.05, 3.63) is 76.1 Å². The molecule has 0 saturated carbocycles. The SMILES string of the molecule is [C-]#[N+]CCN1C(=O)[C@H](C(C)C)N=C(c2ccccc2)c2cc(Cl)ccc21. The molecule has 2 aromatic carbocycles. The molecule has 0 bridgehead atoms. The van der Waals surface area contributed by atoms with Crippen LogP contribution >= 0.6 is 11.6 Å². The van der Waals surface area contributed by atoms with Gasteiger partial charge in [-0.05, 0) is 24.1 Å². The fraction of sp³-hybridized carbons (Fsp3) is 0.286. The highest BCUT2D eigenvalue weighted by Gasteiger charge is 2.34. The molecule has 0 spiro atoms. The van der Waals surface area contributed by atoms with Gasteiger partial charge < -0.3 is 9.74 Å². The summed E-state index contributed by atoms with van der Waals surface area (Å²) in [6.07, 6.45) is 0. The molecule has 5 heteroatoms. The van der Waals surface area contributed by atoms with Crippen LogP contribution in [-0.2, 0) is 4.79 Å². The van der Waals surface area contributed by atoms with Crippen molar-refractivity contribution in [3.63, 3.8) is 0 Å². The maximum absolute atomic E-state index is 13.2.